The molecule has 2 aliphatic rings. The third kappa shape index (κ3) is 3.28. The van der Waals surface area contributed by atoms with Gasteiger partial charge in [-0.15, -0.1) is 0 Å². The van der Waals surface area contributed by atoms with E-state index in [0.29, 0.717) is 67.9 Å². The SMILES string of the molecule is CN(C)c1cnc2ccc(-c3[nH]nc4nc(N5[C@@H]6CC[C@H]5CC(N)C6)c(CO)nc34)c(Cl)c2n1. The topological polar surface area (TPSA) is 133 Å². The number of aliphatic hydroxyl groups is 1. The first kappa shape index (κ1) is 21.5. The molecule has 1 unspecified atom stereocenters. The number of aliphatic hydroxyl groups excluding tert-OH is 1. The van der Waals surface area contributed by atoms with Crippen LogP contribution in [0.3, 0.4) is 0 Å². The van der Waals surface area contributed by atoms with Crippen LogP contribution in [0.2, 0.25) is 5.02 Å². The van der Waals surface area contributed by atoms with Gasteiger partial charge in [0.25, 0.3) is 0 Å². The molecule has 2 bridgehead atoms. The van der Waals surface area contributed by atoms with Gasteiger partial charge in [0, 0.05) is 37.8 Å². The molecule has 6 rings (SSSR count). The molecule has 0 spiro atoms. The Kier molecular flexibility index (Phi) is 5.05. The number of nitrogens with one attached hydrogen (secondary N) is 1. The zero-order chi connectivity index (χ0) is 23.6. The van der Waals surface area contributed by atoms with Crippen molar-refractivity contribution in [2.75, 3.05) is 23.9 Å². The van der Waals surface area contributed by atoms with Gasteiger partial charge in [0.2, 0.25) is 5.65 Å². The summed E-state index contributed by atoms with van der Waals surface area (Å²) in [6.45, 7) is -0.214. The van der Waals surface area contributed by atoms with Crippen molar-refractivity contribution >= 4 is 45.4 Å². The van der Waals surface area contributed by atoms with E-state index in [2.05, 4.69) is 25.1 Å². The number of nitrogens with two attached hydrogens (primary N) is 1. The minimum atomic E-state index is -0.214. The molecule has 2 saturated heterocycles. The number of fused-ring (bicyclic) bond motifs is 4. The number of H-pyrrole nitrogens is 1. The molecule has 10 nitrogen and oxygen atoms in total. The van der Waals surface area contributed by atoms with Gasteiger partial charge < -0.3 is 20.6 Å². The van der Waals surface area contributed by atoms with E-state index in [4.69, 9.17) is 27.3 Å². The number of halogens is 1. The Bertz CT molecular complexity index is 1390. The lowest BCUT2D eigenvalue weighted by molar-refractivity contribution is 0.276. The molecule has 4 N–H and O–H groups in total. The van der Waals surface area contributed by atoms with Gasteiger partial charge in [-0.3, -0.25) is 10.1 Å². The molecule has 1 aromatic carbocycles. The predicted octanol–water partition coefficient (Wildman–Crippen LogP) is 2.63. The van der Waals surface area contributed by atoms with E-state index in [0.717, 1.165) is 25.7 Å². The zero-order valence-electron chi connectivity index (χ0n) is 19.0. The van der Waals surface area contributed by atoms with Crippen molar-refractivity contribution in [1.82, 2.24) is 30.1 Å². The van der Waals surface area contributed by atoms with Crippen LogP contribution in [0.25, 0.3) is 33.5 Å². The molecule has 5 heterocycles. The first-order chi connectivity index (χ1) is 16.4. The van der Waals surface area contributed by atoms with Gasteiger partial charge in [-0.1, -0.05) is 11.6 Å². The number of anilines is 2. The lowest BCUT2D eigenvalue weighted by atomic mass is 9.98. The first-order valence-corrected chi connectivity index (χ1v) is 11.8. The monoisotopic (exact) mass is 479 g/mol. The maximum Gasteiger partial charge on any atom is 0.202 e. The lowest BCUT2D eigenvalue weighted by Gasteiger charge is -2.39. The number of aromatic amines is 1. The minimum Gasteiger partial charge on any atom is -0.390 e. The molecule has 0 radical (unpaired) electrons. The molecule has 34 heavy (non-hydrogen) atoms. The summed E-state index contributed by atoms with van der Waals surface area (Å²) in [6, 6.07) is 4.61. The summed E-state index contributed by atoms with van der Waals surface area (Å²) in [5, 5.41) is 18.2. The van der Waals surface area contributed by atoms with Crippen LogP contribution in [0, 0.1) is 0 Å². The highest BCUT2D eigenvalue weighted by molar-refractivity contribution is 6.38. The van der Waals surface area contributed by atoms with Gasteiger partial charge in [-0.25, -0.2) is 15.0 Å². The van der Waals surface area contributed by atoms with E-state index in [1.807, 2.05) is 31.1 Å². The summed E-state index contributed by atoms with van der Waals surface area (Å²) in [6.07, 6.45) is 5.73. The Hall–Kier alpha value is -3.08. The van der Waals surface area contributed by atoms with Crippen molar-refractivity contribution in [1.29, 1.82) is 0 Å². The van der Waals surface area contributed by atoms with E-state index >= 15 is 0 Å². The molecule has 0 saturated carbocycles. The van der Waals surface area contributed by atoms with Crippen LogP contribution in [0.15, 0.2) is 18.3 Å². The molecule has 2 fully saturated rings. The number of benzene rings is 1. The molecule has 3 aromatic heterocycles. The quantitative estimate of drug-likeness (QED) is 0.403. The van der Waals surface area contributed by atoms with Crippen molar-refractivity contribution in [3.8, 4) is 11.3 Å². The van der Waals surface area contributed by atoms with Crippen molar-refractivity contribution in [3.63, 3.8) is 0 Å². The first-order valence-electron chi connectivity index (χ1n) is 11.5. The van der Waals surface area contributed by atoms with E-state index in [9.17, 15) is 5.11 Å². The fourth-order valence-corrected chi connectivity index (χ4v) is 5.67. The van der Waals surface area contributed by atoms with Crippen LogP contribution in [-0.4, -0.2) is 67.5 Å². The maximum atomic E-state index is 10.2. The summed E-state index contributed by atoms with van der Waals surface area (Å²) >= 11 is 6.81. The fourth-order valence-electron chi connectivity index (χ4n) is 5.37. The Morgan fingerprint density at radius 1 is 1.15 bits per heavy atom. The highest BCUT2D eigenvalue weighted by atomic mass is 35.5. The number of nitrogens with zero attached hydrogens (tertiary/aromatic N) is 7. The average molecular weight is 480 g/mol. The van der Waals surface area contributed by atoms with Gasteiger partial charge in [-0.05, 0) is 37.8 Å². The van der Waals surface area contributed by atoms with Crippen LogP contribution < -0.4 is 15.5 Å². The van der Waals surface area contributed by atoms with Gasteiger partial charge in [0.1, 0.15) is 22.5 Å². The standard InChI is InChI=1S/C23H26ClN9O/c1-32(2)17-9-26-15-6-5-14(18(24)20(15)28-17)19-21-22(31-30-19)29-23(16(10-34)27-21)33-12-3-4-13(33)8-11(25)7-12/h5-6,9,11-13,34H,3-4,7-8,10,25H2,1-2H3,(H,29,30,31)/t11?,12-,13+. The second-order valence-corrected chi connectivity index (χ2v) is 9.74. The Balaban J connectivity index is 1.47. The molecule has 4 aromatic rings. The third-order valence-electron chi connectivity index (χ3n) is 6.97. The number of hydrogen-bond acceptors (Lipinski definition) is 9. The second-order valence-electron chi connectivity index (χ2n) is 9.36. The number of hydrogen-bond donors (Lipinski definition) is 3. The molecule has 0 amide bonds. The van der Waals surface area contributed by atoms with Gasteiger partial charge in [0.05, 0.1) is 29.0 Å². The third-order valence-corrected chi connectivity index (χ3v) is 7.35. The molecular formula is C23H26ClN9O. The normalized spacial score (nSPS) is 22.1. The van der Waals surface area contributed by atoms with E-state index in [-0.39, 0.29) is 12.6 Å². The Labute approximate surface area is 201 Å². The van der Waals surface area contributed by atoms with Crippen molar-refractivity contribution in [2.24, 2.45) is 5.73 Å². The lowest BCUT2D eigenvalue weighted by Crippen LogP contribution is -2.48. The zero-order valence-corrected chi connectivity index (χ0v) is 19.8. The highest BCUT2D eigenvalue weighted by Gasteiger charge is 2.41. The van der Waals surface area contributed by atoms with Crippen LogP contribution >= 0.6 is 11.6 Å². The van der Waals surface area contributed by atoms with Crippen molar-refractivity contribution in [3.05, 3.63) is 29.0 Å². The summed E-state index contributed by atoms with van der Waals surface area (Å²) in [4.78, 5) is 23.0. The van der Waals surface area contributed by atoms with E-state index in [1.54, 1.807) is 6.20 Å². The molecule has 176 valence electrons. The van der Waals surface area contributed by atoms with Crippen LogP contribution in [0.5, 0.6) is 0 Å². The van der Waals surface area contributed by atoms with Crippen LogP contribution in [0.1, 0.15) is 31.4 Å². The van der Waals surface area contributed by atoms with E-state index in [1.165, 1.54) is 0 Å². The Morgan fingerprint density at radius 2 is 1.91 bits per heavy atom. The Morgan fingerprint density at radius 3 is 2.62 bits per heavy atom. The fraction of sp³-hybridized carbons (Fsp3) is 0.435. The van der Waals surface area contributed by atoms with Gasteiger partial charge in [-0.2, -0.15) is 5.10 Å². The summed E-state index contributed by atoms with van der Waals surface area (Å²) in [7, 11) is 3.81. The smallest absolute Gasteiger partial charge is 0.202 e. The molecule has 0 aliphatic carbocycles. The largest absolute Gasteiger partial charge is 0.390 e. The summed E-state index contributed by atoms with van der Waals surface area (Å²) in [5.74, 6) is 1.42. The van der Waals surface area contributed by atoms with Crippen molar-refractivity contribution in [2.45, 2.75) is 50.4 Å². The highest BCUT2D eigenvalue weighted by Crippen LogP contribution is 2.41. The number of rotatable bonds is 4. The second kappa shape index (κ2) is 8.00. The maximum absolute atomic E-state index is 10.2. The van der Waals surface area contributed by atoms with Crippen molar-refractivity contribution < 1.29 is 5.11 Å². The van der Waals surface area contributed by atoms with Crippen LogP contribution in [0.4, 0.5) is 11.6 Å². The van der Waals surface area contributed by atoms with E-state index < -0.39 is 0 Å². The summed E-state index contributed by atoms with van der Waals surface area (Å²) < 4.78 is 0. The van der Waals surface area contributed by atoms with Gasteiger partial charge >= 0.3 is 0 Å². The predicted molar refractivity (Wildman–Crippen MR) is 132 cm³/mol. The number of aromatic nitrogens is 6. The average Bonchev–Trinajstić information content (AvgIpc) is 3.35. The molecule has 2 aliphatic heterocycles. The number of piperidine rings is 1. The molecule has 11 heteroatoms. The molecule has 3 atom stereocenters. The minimum absolute atomic E-state index is 0.214. The summed E-state index contributed by atoms with van der Waals surface area (Å²) in [5.41, 5.74) is 10.5. The van der Waals surface area contributed by atoms with Crippen LogP contribution in [-0.2, 0) is 6.61 Å². The van der Waals surface area contributed by atoms with Gasteiger partial charge in [0.15, 0.2) is 5.82 Å². The molecular weight excluding hydrogens is 454 g/mol.